The summed E-state index contributed by atoms with van der Waals surface area (Å²) in [6.07, 6.45) is 5.54. The van der Waals surface area contributed by atoms with Gasteiger partial charge in [0.05, 0.1) is 0 Å². The Morgan fingerprint density at radius 2 is 1.33 bits per heavy atom. The molecule has 0 aliphatic carbocycles. The minimum Gasteiger partial charge on any atom is -0.0654 e. The van der Waals surface area contributed by atoms with Crippen molar-refractivity contribution in [3.8, 4) is 0 Å². The molecule has 0 N–H and O–H groups in total. The summed E-state index contributed by atoms with van der Waals surface area (Å²) >= 11 is 3.48. The van der Waals surface area contributed by atoms with E-state index >= 15 is 0 Å². The van der Waals surface area contributed by atoms with Gasteiger partial charge in [0, 0.05) is 4.47 Å². The van der Waals surface area contributed by atoms with Gasteiger partial charge in [-0.25, -0.2) is 0 Å². The van der Waals surface area contributed by atoms with Crippen molar-refractivity contribution in [3.05, 3.63) is 33.8 Å². The smallest absolute Gasteiger partial charge is 0.0233 e. The van der Waals surface area contributed by atoms with Crippen molar-refractivity contribution in [2.24, 2.45) is 0 Å². The molecule has 1 rings (SSSR count). The van der Waals surface area contributed by atoms with Gasteiger partial charge in [-0.2, -0.15) is 0 Å². The first-order valence-corrected chi connectivity index (χ1v) is 6.64. The van der Waals surface area contributed by atoms with Gasteiger partial charge in [0.15, 0.2) is 0 Å². The summed E-state index contributed by atoms with van der Waals surface area (Å²) in [6.45, 7) is 8.65. The number of halogens is 1. The fourth-order valence-electron chi connectivity index (χ4n) is 1.29. The van der Waals surface area contributed by atoms with Gasteiger partial charge in [-0.15, -0.1) is 0 Å². The summed E-state index contributed by atoms with van der Waals surface area (Å²) in [5, 5.41) is 0. The van der Waals surface area contributed by atoms with Crippen LogP contribution in [0.15, 0.2) is 22.7 Å². The van der Waals surface area contributed by atoms with E-state index in [2.05, 4.69) is 61.8 Å². The minimum atomic E-state index is 1.23. The maximum absolute atomic E-state index is 3.48. The van der Waals surface area contributed by atoms with Crippen molar-refractivity contribution in [3.63, 3.8) is 0 Å². The largest absolute Gasteiger partial charge is 0.0654 e. The van der Waals surface area contributed by atoms with Crippen LogP contribution in [0.3, 0.4) is 0 Å². The van der Waals surface area contributed by atoms with E-state index in [1.54, 1.807) is 0 Å². The van der Waals surface area contributed by atoms with E-state index in [1.165, 1.54) is 41.3 Å². The monoisotopic (exact) mass is 270 g/mol. The third-order valence-electron chi connectivity index (χ3n) is 2.34. The average Bonchev–Trinajstić information content (AvgIpc) is 2.24. The second-order valence-corrected chi connectivity index (χ2v) is 4.71. The average molecular weight is 271 g/mol. The molecule has 0 aromatic heterocycles. The van der Waals surface area contributed by atoms with Crippen LogP contribution in [0.1, 0.15) is 50.7 Å². The van der Waals surface area contributed by atoms with Crippen LogP contribution < -0.4 is 0 Å². The zero-order chi connectivity index (χ0) is 11.7. The number of aryl methyl sites for hydroxylation is 2. The molecule has 86 valence electrons. The van der Waals surface area contributed by atoms with E-state index in [-0.39, 0.29) is 0 Å². The predicted octanol–water partition coefficient (Wildman–Crippen LogP) is 5.65. The lowest BCUT2D eigenvalue weighted by atomic mass is 10.2. The highest BCUT2D eigenvalue weighted by atomic mass is 79.9. The third kappa shape index (κ3) is 6.72. The molecule has 0 atom stereocenters. The van der Waals surface area contributed by atoms with Gasteiger partial charge in [0.2, 0.25) is 0 Å². The van der Waals surface area contributed by atoms with Gasteiger partial charge in [0.25, 0.3) is 0 Å². The zero-order valence-electron chi connectivity index (χ0n) is 10.4. The highest BCUT2D eigenvalue weighted by molar-refractivity contribution is 9.10. The van der Waals surface area contributed by atoms with Crippen LogP contribution in [0.25, 0.3) is 0 Å². The predicted molar refractivity (Wildman–Crippen MR) is 73.4 cm³/mol. The first kappa shape index (κ1) is 14.7. The number of unbranched alkanes of at least 4 members (excludes halogenated alkanes) is 3. The van der Waals surface area contributed by atoms with Gasteiger partial charge in [-0.05, 0) is 25.0 Å². The summed E-state index contributed by atoms with van der Waals surface area (Å²) in [4.78, 5) is 0. The second-order valence-electron chi connectivity index (χ2n) is 3.91. The van der Waals surface area contributed by atoms with Gasteiger partial charge in [-0.3, -0.25) is 0 Å². The molecule has 0 bridgehead atoms. The Balaban J connectivity index is 0.000000288. The quantitative estimate of drug-likeness (QED) is 0.623. The molecule has 0 nitrogen and oxygen atoms in total. The molecule has 1 aromatic carbocycles. The fraction of sp³-hybridized carbons (Fsp3) is 0.571. The molecule has 0 amide bonds. The molecule has 0 heterocycles. The Morgan fingerprint density at radius 1 is 0.933 bits per heavy atom. The van der Waals surface area contributed by atoms with Crippen molar-refractivity contribution in [1.29, 1.82) is 0 Å². The molecular formula is C14H23Br. The second kappa shape index (κ2) is 8.96. The lowest BCUT2D eigenvalue weighted by molar-refractivity contribution is 0.702. The lowest BCUT2D eigenvalue weighted by Crippen LogP contribution is -1.77. The van der Waals surface area contributed by atoms with E-state index in [1.807, 2.05) is 0 Å². The summed E-state index contributed by atoms with van der Waals surface area (Å²) in [5.74, 6) is 0. The molecule has 0 aliphatic heterocycles. The molecule has 0 fully saturated rings. The van der Waals surface area contributed by atoms with Crippen LogP contribution >= 0.6 is 15.9 Å². The van der Waals surface area contributed by atoms with Crippen molar-refractivity contribution in [2.45, 2.75) is 53.4 Å². The maximum atomic E-state index is 3.48. The van der Waals surface area contributed by atoms with Crippen molar-refractivity contribution >= 4 is 15.9 Å². The molecule has 0 radical (unpaired) electrons. The normalized spacial score (nSPS) is 9.40. The molecule has 0 aliphatic rings. The molecule has 1 aromatic rings. The number of hydrogen-bond donors (Lipinski definition) is 0. The fourth-order valence-corrected chi connectivity index (χ4v) is 1.56. The Morgan fingerprint density at radius 3 is 1.60 bits per heavy atom. The van der Waals surface area contributed by atoms with E-state index in [9.17, 15) is 0 Å². The Labute approximate surface area is 103 Å². The first-order chi connectivity index (χ1) is 7.13. The highest BCUT2D eigenvalue weighted by Gasteiger charge is 1.93. The van der Waals surface area contributed by atoms with Gasteiger partial charge < -0.3 is 0 Å². The van der Waals surface area contributed by atoms with Crippen LogP contribution in [-0.4, -0.2) is 0 Å². The molecule has 15 heavy (non-hydrogen) atoms. The summed E-state index contributed by atoms with van der Waals surface area (Å²) in [6, 6.07) is 6.25. The van der Waals surface area contributed by atoms with Crippen molar-refractivity contribution in [2.75, 3.05) is 0 Å². The molecule has 0 unspecified atom stereocenters. The van der Waals surface area contributed by atoms with E-state index in [0.29, 0.717) is 0 Å². The number of benzene rings is 1. The molecule has 0 saturated carbocycles. The van der Waals surface area contributed by atoms with Crippen LogP contribution in [0.4, 0.5) is 0 Å². The number of hydrogen-bond acceptors (Lipinski definition) is 0. The van der Waals surface area contributed by atoms with Crippen LogP contribution in [-0.2, 0) is 0 Å². The highest BCUT2D eigenvalue weighted by Crippen LogP contribution is 2.19. The van der Waals surface area contributed by atoms with Crippen LogP contribution in [0.2, 0.25) is 0 Å². The Kier molecular flexibility index (Phi) is 8.79. The summed E-state index contributed by atoms with van der Waals surface area (Å²) in [7, 11) is 0. The first-order valence-electron chi connectivity index (χ1n) is 5.85. The maximum Gasteiger partial charge on any atom is 0.0233 e. The standard InChI is InChI=1S/C8H9Br.C6H14/c1-6-4-3-5-7(2)8(6)9;1-3-5-6-4-2/h3-5H,1-2H3;3-6H2,1-2H3. The molecular weight excluding hydrogens is 248 g/mol. The summed E-state index contributed by atoms with van der Waals surface area (Å²) < 4.78 is 1.23. The van der Waals surface area contributed by atoms with Gasteiger partial charge in [0.1, 0.15) is 0 Å². The van der Waals surface area contributed by atoms with Crippen LogP contribution in [0, 0.1) is 13.8 Å². The van der Waals surface area contributed by atoms with Crippen molar-refractivity contribution in [1.82, 2.24) is 0 Å². The molecule has 1 heteroatoms. The lowest BCUT2D eigenvalue weighted by Gasteiger charge is -1.98. The third-order valence-corrected chi connectivity index (χ3v) is 3.59. The SMILES string of the molecule is CCCCCC.Cc1cccc(C)c1Br. The molecule has 0 spiro atoms. The van der Waals surface area contributed by atoms with Crippen LogP contribution in [0.5, 0.6) is 0 Å². The van der Waals surface area contributed by atoms with Gasteiger partial charge in [-0.1, -0.05) is 73.7 Å². The topological polar surface area (TPSA) is 0 Å². The zero-order valence-corrected chi connectivity index (χ0v) is 12.0. The van der Waals surface area contributed by atoms with E-state index < -0.39 is 0 Å². The van der Waals surface area contributed by atoms with Gasteiger partial charge >= 0.3 is 0 Å². The Hall–Kier alpha value is -0.300. The van der Waals surface area contributed by atoms with E-state index in [0.717, 1.165) is 0 Å². The summed E-state index contributed by atoms with van der Waals surface area (Å²) in [5.41, 5.74) is 2.60. The Bertz CT molecular complexity index is 242. The van der Waals surface area contributed by atoms with Crippen molar-refractivity contribution < 1.29 is 0 Å². The molecule has 0 saturated heterocycles. The van der Waals surface area contributed by atoms with E-state index in [4.69, 9.17) is 0 Å². The number of rotatable bonds is 3. The minimum absolute atomic E-state index is 1.23.